The number of hydrogen-bond donors (Lipinski definition) is 1. The highest BCUT2D eigenvalue weighted by Gasteiger charge is 2.29. The lowest BCUT2D eigenvalue weighted by Gasteiger charge is -2.27. The molecule has 2 rings (SSSR count). The van der Waals surface area contributed by atoms with Gasteiger partial charge >= 0.3 is 0 Å². The number of aryl methyl sites for hydroxylation is 1. The van der Waals surface area contributed by atoms with Crippen LogP contribution in [-0.4, -0.2) is 42.6 Å². The summed E-state index contributed by atoms with van der Waals surface area (Å²) in [7, 11) is -3.65. The van der Waals surface area contributed by atoms with E-state index in [1.54, 1.807) is 30.3 Å². The van der Waals surface area contributed by atoms with Crippen molar-refractivity contribution in [1.29, 1.82) is 0 Å². The van der Waals surface area contributed by atoms with Gasteiger partial charge in [-0.1, -0.05) is 46.9 Å². The fourth-order valence-corrected chi connectivity index (χ4v) is 4.85. The van der Waals surface area contributed by atoms with Crippen LogP contribution in [0.3, 0.4) is 0 Å². The van der Waals surface area contributed by atoms with Gasteiger partial charge < -0.3 is 0 Å². The van der Waals surface area contributed by atoms with E-state index in [9.17, 15) is 13.2 Å². The van der Waals surface area contributed by atoms with Crippen molar-refractivity contribution >= 4 is 49.8 Å². The number of carbonyl (C=O) groups is 1. The Balaban J connectivity index is 2.18. The van der Waals surface area contributed by atoms with Crippen LogP contribution in [0, 0.1) is 6.92 Å². The van der Waals surface area contributed by atoms with Crippen LogP contribution in [0.4, 0.5) is 10.8 Å². The third-order valence-corrected chi connectivity index (χ3v) is 6.55. The van der Waals surface area contributed by atoms with Crippen molar-refractivity contribution in [2.24, 2.45) is 0 Å². The number of sulfonamides is 1. The van der Waals surface area contributed by atoms with Gasteiger partial charge in [-0.2, -0.15) is 0 Å². The maximum atomic E-state index is 12.6. The van der Waals surface area contributed by atoms with Gasteiger partial charge in [0.05, 0.1) is 11.9 Å². The molecule has 1 aromatic carbocycles. The minimum Gasteiger partial charge on any atom is -0.299 e. The molecule has 0 aliphatic carbocycles. The number of anilines is 2. The smallest absolute Gasteiger partial charge is 0.249 e. The first-order valence-electron chi connectivity index (χ1n) is 7.66. The van der Waals surface area contributed by atoms with Crippen molar-refractivity contribution in [3.63, 3.8) is 0 Å². The summed E-state index contributed by atoms with van der Waals surface area (Å²) in [6.45, 7) is 7.07. The van der Waals surface area contributed by atoms with Crippen LogP contribution in [0.15, 0.2) is 41.3 Å². The summed E-state index contributed by atoms with van der Waals surface area (Å²) in [5, 5.41) is 10.8. The van der Waals surface area contributed by atoms with Crippen LogP contribution >= 0.6 is 23.1 Å². The first-order valence-corrected chi connectivity index (χ1v) is 11.3. The van der Waals surface area contributed by atoms with Crippen LogP contribution in [0.5, 0.6) is 0 Å². The summed E-state index contributed by atoms with van der Waals surface area (Å²) in [5.41, 5.74) is 1.43. The molecule has 140 valence electrons. The van der Waals surface area contributed by atoms with Crippen molar-refractivity contribution in [2.45, 2.75) is 24.2 Å². The predicted molar refractivity (Wildman–Crippen MR) is 107 cm³/mol. The lowest BCUT2D eigenvalue weighted by molar-refractivity contribution is -0.116. The number of hydrogen-bond acceptors (Lipinski definition) is 7. The van der Waals surface area contributed by atoms with Crippen LogP contribution in [0.2, 0.25) is 0 Å². The number of nitrogens with zero attached hydrogens (tertiary/aromatic N) is 3. The molecule has 10 heteroatoms. The van der Waals surface area contributed by atoms with Crippen LogP contribution in [0.1, 0.15) is 12.5 Å². The van der Waals surface area contributed by atoms with E-state index in [4.69, 9.17) is 0 Å². The Hall–Kier alpha value is -1.91. The Kier molecular flexibility index (Phi) is 6.79. The third kappa shape index (κ3) is 5.29. The van der Waals surface area contributed by atoms with E-state index in [1.165, 1.54) is 30.0 Å². The van der Waals surface area contributed by atoms with Gasteiger partial charge in [-0.05, 0) is 26.0 Å². The molecule has 7 nitrogen and oxygen atoms in total. The number of amides is 1. The molecule has 1 heterocycles. The first kappa shape index (κ1) is 20.4. The quantitative estimate of drug-likeness (QED) is 0.407. The van der Waals surface area contributed by atoms with E-state index in [0.29, 0.717) is 20.9 Å². The van der Waals surface area contributed by atoms with Gasteiger partial charge in [0.25, 0.3) is 0 Å². The Morgan fingerprint density at radius 2 is 2.04 bits per heavy atom. The van der Waals surface area contributed by atoms with Gasteiger partial charge in [0.1, 0.15) is 6.04 Å². The summed E-state index contributed by atoms with van der Waals surface area (Å²) in [4.78, 5) is 12.6. The van der Waals surface area contributed by atoms with E-state index >= 15 is 0 Å². The molecule has 0 saturated heterocycles. The lowest BCUT2D eigenvalue weighted by Crippen LogP contribution is -2.45. The van der Waals surface area contributed by atoms with Gasteiger partial charge in [0.2, 0.25) is 21.1 Å². The fraction of sp³-hybridized carbons (Fsp3) is 0.312. The highest BCUT2D eigenvalue weighted by atomic mass is 32.2. The molecule has 1 amide bonds. The zero-order chi connectivity index (χ0) is 19.3. The predicted octanol–water partition coefficient (Wildman–Crippen LogP) is 2.92. The number of carbonyl (C=O) groups excluding carboxylic acids is 1. The van der Waals surface area contributed by atoms with Crippen molar-refractivity contribution in [2.75, 3.05) is 21.6 Å². The van der Waals surface area contributed by atoms with E-state index in [0.717, 1.165) is 16.1 Å². The molecule has 0 fully saturated rings. The Morgan fingerprint density at radius 3 is 2.62 bits per heavy atom. The SMILES string of the molecule is C=CCSc1nnc(NC(=O)[C@H](C)N(c2ccc(C)cc2)S(C)(=O)=O)s1. The molecule has 0 aliphatic heterocycles. The first-order chi connectivity index (χ1) is 12.2. The largest absolute Gasteiger partial charge is 0.299 e. The molecular weight excluding hydrogens is 392 g/mol. The van der Waals surface area contributed by atoms with Gasteiger partial charge in [-0.25, -0.2) is 8.42 Å². The summed E-state index contributed by atoms with van der Waals surface area (Å²) >= 11 is 2.68. The normalized spacial score (nSPS) is 12.4. The summed E-state index contributed by atoms with van der Waals surface area (Å²) < 4.78 is 26.3. The van der Waals surface area contributed by atoms with E-state index in [2.05, 4.69) is 22.1 Å². The maximum Gasteiger partial charge on any atom is 0.249 e. The molecule has 0 saturated carbocycles. The monoisotopic (exact) mass is 412 g/mol. The zero-order valence-corrected chi connectivity index (χ0v) is 17.1. The van der Waals surface area contributed by atoms with Gasteiger partial charge in [0.15, 0.2) is 4.34 Å². The van der Waals surface area contributed by atoms with Gasteiger partial charge in [0, 0.05) is 5.75 Å². The molecule has 2 aromatic rings. The van der Waals surface area contributed by atoms with Crippen molar-refractivity contribution in [1.82, 2.24) is 10.2 Å². The molecular formula is C16H20N4O3S3. The average molecular weight is 413 g/mol. The zero-order valence-electron chi connectivity index (χ0n) is 14.7. The molecule has 26 heavy (non-hydrogen) atoms. The van der Waals surface area contributed by atoms with Gasteiger partial charge in [-0.3, -0.25) is 14.4 Å². The minimum atomic E-state index is -3.65. The Morgan fingerprint density at radius 1 is 1.38 bits per heavy atom. The molecule has 0 unspecified atom stereocenters. The van der Waals surface area contributed by atoms with E-state index < -0.39 is 22.0 Å². The van der Waals surface area contributed by atoms with Crippen LogP contribution < -0.4 is 9.62 Å². The molecule has 1 atom stereocenters. The van der Waals surface area contributed by atoms with Gasteiger partial charge in [-0.15, -0.1) is 16.8 Å². The standard InChI is InChI=1S/C16H20N4O3S3/c1-5-10-24-16-19-18-15(25-16)17-14(21)12(3)20(26(4,22)23)13-8-6-11(2)7-9-13/h5-9,12H,1,10H2,2-4H3,(H,17,18,21)/t12-/m0/s1. The molecule has 0 radical (unpaired) electrons. The number of aromatic nitrogens is 2. The Labute approximate surface area is 161 Å². The summed E-state index contributed by atoms with van der Waals surface area (Å²) in [6.07, 6.45) is 2.82. The van der Waals surface area contributed by atoms with Crippen LogP contribution in [-0.2, 0) is 14.8 Å². The van der Waals surface area contributed by atoms with E-state index in [-0.39, 0.29) is 0 Å². The molecule has 1 aromatic heterocycles. The maximum absolute atomic E-state index is 12.6. The number of rotatable bonds is 8. The van der Waals surface area contributed by atoms with Crippen molar-refractivity contribution in [3.05, 3.63) is 42.5 Å². The number of benzene rings is 1. The Bertz CT molecular complexity index is 878. The number of nitrogens with one attached hydrogen (secondary N) is 1. The average Bonchev–Trinajstić information content (AvgIpc) is 3.01. The highest BCUT2D eigenvalue weighted by Crippen LogP contribution is 2.26. The molecule has 0 bridgehead atoms. The van der Waals surface area contributed by atoms with Crippen LogP contribution in [0.25, 0.3) is 0 Å². The van der Waals surface area contributed by atoms with Crippen molar-refractivity contribution in [3.8, 4) is 0 Å². The molecule has 0 aliphatic rings. The van der Waals surface area contributed by atoms with Crippen molar-refractivity contribution < 1.29 is 13.2 Å². The summed E-state index contributed by atoms with van der Waals surface area (Å²) in [6, 6.07) is 6.00. The topological polar surface area (TPSA) is 92.3 Å². The number of thioether (sulfide) groups is 1. The second-order valence-corrected chi connectivity index (χ2v) is 9.64. The second kappa shape index (κ2) is 8.65. The summed E-state index contributed by atoms with van der Waals surface area (Å²) in [5.74, 6) is 0.210. The molecule has 0 spiro atoms. The third-order valence-electron chi connectivity index (χ3n) is 3.34. The second-order valence-electron chi connectivity index (χ2n) is 5.53. The molecule has 1 N–H and O–H groups in total. The van der Waals surface area contributed by atoms with E-state index in [1.807, 2.05) is 6.92 Å². The minimum absolute atomic E-state index is 0.325. The highest BCUT2D eigenvalue weighted by molar-refractivity contribution is 8.01. The fourth-order valence-electron chi connectivity index (χ4n) is 2.16. The lowest BCUT2D eigenvalue weighted by atomic mass is 10.2.